The normalized spacial score (nSPS) is 9.93. The Morgan fingerprint density at radius 3 is 2.73 bits per heavy atom. The number of carboxylic acids is 1. The SMILES string of the molecule is Cl.NCc1cc2cc(C(=O)O)ccc2o1. The number of aromatic carboxylic acids is 1. The number of rotatable bonds is 2. The third-order valence-electron chi connectivity index (χ3n) is 2.02. The molecule has 1 heterocycles. The zero-order valence-corrected chi connectivity index (χ0v) is 8.58. The van der Waals surface area contributed by atoms with Gasteiger partial charge >= 0.3 is 5.97 Å². The van der Waals surface area contributed by atoms with Gasteiger partial charge in [-0.3, -0.25) is 0 Å². The average Bonchev–Trinajstić information content (AvgIpc) is 2.58. The van der Waals surface area contributed by atoms with Crippen LogP contribution >= 0.6 is 12.4 Å². The molecular formula is C10H10ClNO3. The van der Waals surface area contributed by atoms with Crippen molar-refractivity contribution >= 4 is 29.3 Å². The van der Waals surface area contributed by atoms with E-state index in [2.05, 4.69) is 0 Å². The van der Waals surface area contributed by atoms with Gasteiger partial charge in [0.2, 0.25) is 0 Å². The van der Waals surface area contributed by atoms with Crippen LogP contribution in [-0.2, 0) is 6.54 Å². The lowest BCUT2D eigenvalue weighted by atomic mass is 10.1. The molecule has 0 unspecified atom stereocenters. The number of fused-ring (bicyclic) bond motifs is 1. The molecule has 15 heavy (non-hydrogen) atoms. The van der Waals surface area contributed by atoms with Crippen LogP contribution in [0.15, 0.2) is 28.7 Å². The van der Waals surface area contributed by atoms with Crippen LogP contribution in [0.1, 0.15) is 16.1 Å². The van der Waals surface area contributed by atoms with E-state index in [9.17, 15) is 4.79 Å². The van der Waals surface area contributed by atoms with Crippen LogP contribution in [-0.4, -0.2) is 11.1 Å². The minimum atomic E-state index is -0.942. The summed E-state index contributed by atoms with van der Waals surface area (Å²) >= 11 is 0. The van der Waals surface area contributed by atoms with E-state index in [0.29, 0.717) is 17.9 Å². The van der Waals surface area contributed by atoms with Crippen LogP contribution < -0.4 is 5.73 Å². The van der Waals surface area contributed by atoms with Gasteiger partial charge in [-0.1, -0.05) is 0 Å². The first kappa shape index (κ1) is 11.6. The number of carbonyl (C=O) groups is 1. The van der Waals surface area contributed by atoms with Crippen molar-refractivity contribution in [1.82, 2.24) is 0 Å². The topological polar surface area (TPSA) is 76.5 Å². The molecule has 0 bridgehead atoms. The Kier molecular flexibility index (Phi) is 3.34. The van der Waals surface area contributed by atoms with E-state index >= 15 is 0 Å². The maximum Gasteiger partial charge on any atom is 0.335 e. The fourth-order valence-corrected chi connectivity index (χ4v) is 1.33. The molecule has 3 N–H and O–H groups in total. The highest BCUT2D eigenvalue weighted by Gasteiger charge is 2.06. The lowest BCUT2D eigenvalue weighted by Crippen LogP contribution is -1.94. The van der Waals surface area contributed by atoms with Gasteiger partial charge in [0.15, 0.2) is 0 Å². The van der Waals surface area contributed by atoms with Gasteiger partial charge in [-0.05, 0) is 24.3 Å². The third kappa shape index (κ3) is 2.11. The van der Waals surface area contributed by atoms with Crippen LogP contribution in [0.4, 0.5) is 0 Å². The van der Waals surface area contributed by atoms with Gasteiger partial charge in [-0.2, -0.15) is 0 Å². The molecule has 0 atom stereocenters. The highest BCUT2D eigenvalue weighted by Crippen LogP contribution is 2.20. The molecule has 2 rings (SSSR count). The number of halogens is 1. The minimum absolute atomic E-state index is 0. The molecule has 0 fully saturated rings. The summed E-state index contributed by atoms with van der Waals surface area (Å²) in [5.41, 5.74) is 6.32. The van der Waals surface area contributed by atoms with Crippen LogP contribution in [0.3, 0.4) is 0 Å². The van der Waals surface area contributed by atoms with Crippen molar-refractivity contribution in [2.45, 2.75) is 6.54 Å². The van der Waals surface area contributed by atoms with Crippen LogP contribution in [0.25, 0.3) is 11.0 Å². The molecule has 5 heteroatoms. The van der Waals surface area contributed by atoms with E-state index in [4.69, 9.17) is 15.3 Å². The first-order valence-corrected chi connectivity index (χ1v) is 4.16. The van der Waals surface area contributed by atoms with Crippen molar-refractivity contribution in [2.75, 3.05) is 0 Å². The molecular weight excluding hydrogens is 218 g/mol. The lowest BCUT2D eigenvalue weighted by molar-refractivity contribution is 0.0697. The molecule has 4 nitrogen and oxygen atoms in total. The molecule has 0 saturated carbocycles. The van der Waals surface area contributed by atoms with Crippen LogP contribution in [0, 0.1) is 0 Å². The second-order valence-corrected chi connectivity index (χ2v) is 2.97. The summed E-state index contributed by atoms with van der Waals surface area (Å²) < 4.78 is 5.33. The van der Waals surface area contributed by atoms with Gasteiger partial charge < -0.3 is 15.3 Å². The van der Waals surface area contributed by atoms with E-state index in [1.165, 1.54) is 6.07 Å². The molecule has 0 saturated heterocycles. The Morgan fingerprint density at radius 1 is 1.40 bits per heavy atom. The van der Waals surface area contributed by atoms with Gasteiger partial charge in [0, 0.05) is 5.39 Å². The van der Waals surface area contributed by atoms with Crippen molar-refractivity contribution in [3.05, 3.63) is 35.6 Å². The van der Waals surface area contributed by atoms with Crippen molar-refractivity contribution in [3.63, 3.8) is 0 Å². The summed E-state index contributed by atoms with van der Waals surface area (Å²) in [7, 11) is 0. The van der Waals surface area contributed by atoms with E-state index in [1.807, 2.05) is 0 Å². The van der Waals surface area contributed by atoms with E-state index in [1.54, 1.807) is 18.2 Å². The summed E-state index contributed by atoms with van der Waals surface area (Å²) in [6.45, 7) is 0.317. The summed E-state index contributed by atoms with van der Waals surface area (Å²) in [4.78, 5) is 10.7. The highest BCUT2D eigenvalue weighted by molar-refractivity contribution is 5.93. The second-order valence-electron chi connectivity index (χ2n) is 2.97. The zero-order chi connectivity index (χ0) is 10.1. The maximum atomic E-state index is 10.7. The van der Waals surface area contributed by atoms with Gasteiger partial charge in [0.1, 0.15) is 11.3 Å². The number of nitrogens with two attached hydrogens (primary N) is 1. The summed E-state index contributed by atoms with van der Waals surface area (Å²) in [6.07, 6.45) is 0. The first-order valence-electron chi connectivity index (χ1n) is 4.16. The summed E-state index contributed by atoms with van der Waals surface area (Å²) in [5, 5.41) is 9.52. The molecule has 1 aromatic heterocycles. The Morgan fingerprint density at radius 2 is 2.13 bits per heavy atom. The van der Waals surface area contributed by atoms with Crippen molar-refractivity contribution in [3.8, 4) is 0 Å². The van der Waals surface area contributed by atoms with Gasteiger partial charge in [-0.15, -0.1) is 12.4 Å². The summed E-state index contributed by atoms with van der Waals surface area (Å²) in [5.74, 6) is -0.287. The van der Waals surface area contributed by atoms with E-state index in [-0.39, 0.29) is 18.0 Å². The standard InChI is InChI=1S/C10H9NO3.ClH/c11-5-8-4-7-3-6(10(12)13)1-2-9(7)14-8;/h1-4H,5,11H2,(H,12,13);1H. The largest absolute Gasteiger partial charge is 0.478 e. The number of benzene rings is 1. The van der Waals surface area contributed by atoms with Gasteiger partial charge in [0.05, 0.1) is 12.1 Å². The van der Waals surface area contributed by atoms with E-state index < -0.39 is 5.97 Å². The predicted octanol–water partition coefficient (Wildman–Crippen LogP) is 2.01. The second kappa shape index (κ2) is 4.33. The molecule has 0 aliphatic carbocycles. The van der Waals surface area contributed by atoms with E-state index in [0.717, 1.165) is 5.39 Å². The quantitative estimate of drug-likeness (QED) is 0.823. The molecule has 0 aliphatic rings. The van der Waals surface area contributed by atoms with Gasteiger partial charge in [-0.25, -0.2) is 4.79 Å². The Labute approximate surface area is 92.1 Å². The zero-order valence-electron chi connectivity index (χ0n) is 7.77. The monoisotopic (exact) mass is 227 g/mol. The molecule has 2 aromatic rings. The highest BCUT2D eigenvalue weighted by atomic mass is 35.5. The molecule has 0 spiro atoms. The molecule has 0 amide bonds. The van der Waals surface area contributed by atoms with Crippen molar-refractivity contribution in [1.29, 1.82) is 0 Å². The molecule has 1 aromatic carbocycles. The Hall–Kier alpha value is -1.52. The van der Waals surface area contributed by atoms with Crippen LogP contribution in [0.5, 0.6) is 0 Å². The van der Waals surface area contributed by atoms with Crippen LogP contribution in [0.2, 0.25) is 0 Å². The molecule has 0 aliphatic heterocycles. The summed E-state index contributed by atoms with van der Waals surface area (Å²) in [6, 6.07) is 6.47. The Balaban J connectivity index is 0.00000112. The molecule has 80 valence electrons. The maximum absolute atomic E-state index is 10.7. The first-order chi connectivity index (χ1) is 6.70. The van der Waals surface area contributed by atoms with Gasteiger partial charge in [0.25, 0.3) is 0 Å². The third-order valence-corrected chi connectivity index (χ3v) is 2.02. The number of carboxylic acid groups (broad SMARTS) is 1. The number of hydrogen-bond donors (Lipinski definition) is 2. The minimum Gasteiger partial charge on any atom is -0.478 e. The average molecular weight is 228 g/mol. The fraction of sp³-hybridized carbons (Fsp3) is 0.100. The number of furan rings is 1. The predicted molar refractivity (Wildman–Crippen MR) is 58.3 cm³/mol. The van der Waals surface area contributed by atoms with Crippen molar-refractivity contribution < 1.29 is 14.3 Å². The Bertz CT molecular complexity index is 492. The number of hydrogen-bond acceptors (Lipinski definition) is 3. The lowest BCUT2D eigenvalue weighted by Gasteiger charge is -1.92. The van der Waals surface area contributed by atoms with Crippen molar-refractivity contribution in [2.24, 2.45) is 5.73 Å². The fourth-order valence-electron chi connectivity index (χ4n) is 1.33. The molecule has 0 radical (unpaired) electrons. The smallest absolute Gasteiger partial charge is 0.335 e.